The number of anilines is 1. The number of piperidine rings is 1. The van der Waals surface area contributed by atoms with Crippen molar-refractivity contribution in [3.8, 4) is 6.07 Å². The van der Waals surface area contributed by atoms with Crippen molar-refractivity contribution in [3.05, 3.63) is 46.8 Å². The van der Waals surface area contributed by atoms with Crippen LogP contribution < -0.4 is 4.72 Å². The van der Waals surface area contributed by atoms with E-state index in [4.69, 9.17) is 5.26 Å². The summed E-state index contributed by atoms with van der Waals surface area (Å²) in [4.78, 5) is 14.9. The number of nitriles is 1. The molecule has 1 amide bonds. The van der Waals surface area contributed by atoms with Gasteiger partial charge in [-0.2, -0.15) is 5.26 Å². The van der Waals surface area contributed by atoms with E-state index in [0.29, 0.717) is 30.0 Å². The van der Waals surface area contributed by atoms with Gasteiger partial charge in [0, 0.05) is 31.5 Å². The van der Waals surface area contributed by atoms with Crippen molar-refractivity contribution in [1.29, 1.82) is 5.26 Å². The summed E-state index contributed by atoms with van der Waals surface area (Å²) in [5.74, 6) is -0.243. The predicted molar refractivity (Wildman–Crippen MR) is 107 cm³/mol. The quantitative estimate of drug-likeness (QED) is 0.853. The summed E-state index contributed by atoms with van der Waals surface area (Å²) in [6, 6.07) is 8.25. The molecule has 0 spiro atoms. The number of hydrogen-bond donors (Lipinski definition) is 1. The van der Waals surface area contributed by atoms with Gasteiger partial charge in [0.25, 0.3) is 15.9 Å². The average Bonchev–Trinajstić information content (AvgIpc) is 2.92. The standard InChI is InChI=1S/C20H24N4O3S/c1-14-18(20(25)24-10-5-4-6-11-24)19(15(2)23(14)3)28(26,27)22-17-9-7-8-16(12-17)13-21/h7-9,12,22H,4-6,10-11H2,1-3H3. The Morgan fingerprint density at radius 2 is 1.82 bits per heavy atom. The van der Waals surface area contributed by atoms with Crippen molar-refractivity contribution >= 4 is 21.6 Å². The molecule has 0 saturated carbocycles. The smallest absolute Gasteiger partial charge is 0.264 e. The van der Waals surface area contributed by atoms with E-state index in [0.717, 1.165) is 19.3 Å². The first-order valence-corrected chi connectivity index (χ1v) is 10.7. The molecular formula is C20H24N4O3S. The normalized spacial score (nSPS) is 14.6. The molecule has 1 fully saturated rings. The maximum absolute atomic E-state index is 13.2. The summed E-state index contributed by atoms with van der Waals surface area (Å²) in [6.45, 7) is 4.74. The van der Waals surface area contributed by atoms with E-state index in [1.54, 1.807) is 48.6 Å². The van der Waals surface area contributed by atoms with Gasteiger partial charge in [-0.05, 0) is 51.3 Å². The topological polar surface area (TPSA) is 95.2 Å². The van der Waals surface area contributed by atoms with Crippen molar-refractivity contribution in [2.24, 2.45) is 7.05 Å². The van der Waals surface area contributed by atoms with Crippen molar-refractivity contribution in [2.45, 2.75) is 38.0 Å². The third kappa shape index (κ3) is 3.62. The Kier molecular flexibility index (Phi) is 5.47. The lowest BCUT2D eigenvalue weighted by atomic mass is 10.1. The average molecular weight is 401 g/mol. The molecule has 1 saturated heterocycles. The number of nitrogens with zero attached hydrogens (tertiary/aromatic N) is 3. The van der Waals surface area contributed by atoms with Gasteiger partial charge < -0.3 is 9.47 Å². The maximum Gasteiger partial charge on any atom is 0.264 e. The number of rotatable bonds is 4. The van der Waals surface area contributed by atoms with Crippen LogP contribution >= 0.6 is 0 Å². The van der Waals surface area contributed by atoms with E-state index < -0.39 is 10.0 Å². The van der Waals surface area contributed by atoms with Gasteiger partial charge in [0.2, 0.25) is 0 Å². The molecule has 0 bridgehead atoms. The molecule has 3 rings (SSSR count). The number of sulfonamides is 1. The van der Waals surface area contributed by atoms with Gasteiger partial charge in [0.1, 0.15) is 4.90 Å². The summed E-state index contributed by atoms with van der Waals surface area (Å²) < 4.78 is 30.7. The zero-order valence-corrected chi connectivity index (χ0v) is 17.1. The molecule has 0 radical (unpaired) electrons. The summed E-state index contributed by atoms with van der Waals surface area (Å²) in [5.41, 5.74) is 1.99. The molecule has 0 unspecified atom stereocenters. The van der Waals surface area contributed by atoms with Crippen LogP contribution in [0.25, 0.3) is 0 Å². The maximum atomic E-state index is 13.2. The zero-order chi connectivity index (χ0) is 20.5. The highest BCUT2D eigenvalue weighted by atomic mass is 32.2. The summed E-state index contributed by atoms with van der Waals surface area (Å²) in [5, 5.41) is 9.04. The van der Waals surface area contributed by atoms with Gasteiger partial charge in [0.15, 0.2) is 0 Å². The molecule has 8 heteroatoms. The van der Waals surface area contributed by atoms with Crippen LogP contribution in [0.15, 0.2) is 29.2 Å². The van der Waals surface area contributed by atoms with Crippen LogP contribution in [0.2, 0.25) is 0 Å². The molecule has 2 heterocycles. The van der Waals surface area contributed by atoms with Gasteiger partial charge in [-0.15, -0.1) is 0 Å². The third-order valence-corrected chi connectivity index (χ3v) is 6.83. The van der Waals surface area contributed by atoms with E-state index in [9.17, 15) is 13.2 Å². The van der Waals surface area contributed by atoms with Crippen LogP contribution in [0.5, 0.6) is 0 Å². The second-order valence-corrected chi connectivity index (χ2v) is 8.70. The van der Waals surface area contributed by atoms with Crippen LogP contribution in [0.1, 0.15) is 46.6 Å². The number of carbonyl (C=O) groups is 1. The minimum absolute atomic E-state index is 0.00503. The second kappa shape index (κ2) is 7.68. The summed E-state index contributed by atoms with van der Waals surface area (Å²) in [7, 11) is -2.26. The summed E-state index contributed by atoms with van der Waals surface area (Å²) in [6.07, 6.45) is 2.94. The van der Waals surface area contributed by atoms with Gasteiger partial charge >= 0.3 is 0 Å². The highest BCUT2D eigenvalue weighted by Crippen LogP contribution is 2.30. The highest BCUT2D eigenvalue weighted by molar-refractivity contribution is 7.92. The Morgan fingerprint density at radius 1 is 1.14 bits per heavy atom. The van der Waals surface area contributed by atoms with Gasteiger partial charge in [-0.25, -0.2) is 8.42 Å². The SMILES string of the molecule is Cc1c(C(=O)N2CCCCC2)c(S(=O)(=O)Nc2cccc(C#N)c2)c(C)n1C. The van der Waals surface area contributed by atoms with E-state index in [2.05, 4.69) is 4.72 Å². The lowest BCUT2D eigenvalue weighted by Gasteiger charge is -2.27. The Balaban J connectivity index is 2.06. The lowest BCUT2D eigenvalue weighted by molar-refractivity contribution is 0.0720. The van der Waals surface area contributed by atoms with E-state index in [1.165, 1.54) is 6.07 Å². The fourth-order valence-electron chi connectivity index (χ4n) is 3.61. The second-order valence-electron chi connectivity index (χ2n) is 7.08. The van der Waals surface area contributed by atoms with Gasteiger partial charge in [-0.3, -0.25) is 9.52 Å². The predicted octanol–water partition coefficient (Wildman–Crippen LogP) is 2.94. The number of nitrogens with one attached hydrogen (secondary N) is 1. The molecule has 0 atom stereocenters. The molecule has 1 aromatic heterocycles. The molecular weight excluding hydrogens is 376 g/mol. The van der Waals surface area contributed by atoms with E-state index in [1.807, 2.05) is 6.07 Å². The van der Waals surface area contributed by atoms with Crippen LogP contribution in [0.3, 0.4) is 0 Å². The number of likely N-dealkylation sites (tertiary alicyclic amines) is 1. The van der Waals surface area contributed by atoms with Crippen molar-refractivity contribution in [1.82, 2.24) is 9.47 Å². The highest BCUT2D eigenvalue weighted by Gasteiger charge is 2.33. The minimum atomic E-state index is -4.01. The van der Waals surface area contributed by atoms with E-state index in [-0.39, 0.29) is 22.1 Å². The zero-order valence-electron chi connectivity index (χ0n) is 16.3. The molecule has 1 N–H and O–H groups in total. The molecule has 28 heavy (non-hydrogen) atoms. The summed E-state index contributed by atoms with van der Waals surface area (Å²) >= 11 is 0. The number of aromatic nitrogens is 1. The molecule has 1 aromatic carbocycles. The van der Waals surface area contributed by atoms with Crippen molar-refractivity contribution in [2.75, 3.05) is 17.8 Å². The van der Waals surface area contributed by atoms with Crippen molar-refractivity contribution < 1.29 is 13.2 Å². The minimum Gasteiger partial charge on any atom is -0.350 e. The Bertz CT molecular complexity index is 1060. The number of amides is 1. The number of benzene rings is 1. The molecule has 0 aliphatic carbocycles. The first-order valence-electron chi connectivity index (χ1n) is 9.24. The fraction of sp³-hybridized carbons (Fsp3) is 0.400. The first kappa shape index (κ1) is 20.0. The van der Waals surface area contributed by atoms with Gasteiger partial charge in [0.05, 0.1) is 22.9 Å². The Hall–Kier alpha value is -2.79. The largest absolute Gasteiger partial charge is 0.350 e. The van der Waals surface area contributed by atoms with Crippen LogP contribution in [-0.4, -0.2) is 36.9 Å². The molecule has 1 aliphatic rings. The molecule has 7 nitrogen and oxygen atoms in total. The lowest BCUT2D eigenvalue weighted by Crippen LogP contribution is -2.36. The molecule has 1 aliphatic heterocycles. The first-order chi connectivity index (χ1) is 13.3. The number of hydrogen-bond acceptors (Lipinski definition) is 4. The third-order valence-electron chi connectivity index (χ3n) is 5.29. The van der Waals surface area contributed by atoms with Crippen LogP contribution in [0, 0.1) is 25.2 Å². The van der Waals surface area contributed by atoms with Gasteiger partial charge in [-0.1, -0.05) is 6.07 Å². The Labute approximate surface area is 165 Å². The van der Waals surface area contributed by atoms with Crippen molar-refractivity contribution in [3.63, 3.8) is 0 Å². The van der Waals surface area contributed by atoms with Crippen LogP contribution in [-0.2, 0) is 17.1 Å². The Morgan fingerprint density at radius 3 is 2.46 bits per heavy atom. The number of carbonyl (C=O) groups excluding carboxylic acids is 1. The molecule has 2 aromatic rings. The fourth-order valence-corrected chi connectivity index (χ4v) is 5.18. The van der Waals surface area contributed by atoms with Crippen LogP contribution in [0.4, 0.5) is 5.69 Å². The van der Waals surface area contributed by atoms with E-state index >= 15 is 0 Å². The monoisotopic (exact) mass is 400 g/mol. The molecule has 148 valence electrons.